The van der Waals surface area contributed by atoms with Crippen LogP contribution in [0.4, 0.5) is 0 Å². The van der Waals surface area contributed by atoms with Crippen molar-refractivity contribution < 1.29 is 9.84 Å². The minimum atomic E-state index is -0.950. The number of halogens is 2. The number of ether oxygens (including phenoxy) is 1. The first-order valence-corrected chi connectivity index (χ1v) is 7.27. The van der Waals surface area contributed by atoms with E-state index in [2.05, 4.69) is 20.9 Å². The topological polar surface area (TPSA) is 42.4 Å². The summed E-state index contributed by atoms with van der Waals surface area (Å²) >= 11 is 9.53. The molecule has 2 aromatic rings. The van der Waals surface area contributed by atoms with Gasteiger partial charge in [0, 0.05) is 11.8 Å². The molecule has 1 heterocycles. The lowest BCUT2D eigenvalue weighted by molar-refractivity contribution is 0.0781. The van der Waals surface area contributed by atoms with Crippen molar-refractivity contribution in [1.82, 2.24) is 4.98 Å². The molecule has 1 aromatic heterocycles. The van der Waals surface area contributed by atoms with E-state index in [0.29, 0.717) is 26.7 Å². The van der Waals surface area contributed by atoms with Crippen LogP contribution in [-0.2, 0) is 5.60 Å². The van der Waals surface area contributed by atoms with E-state index in [-0.39, 0.29) is 0 Å². The minimum absolute atomic E-state index is 0.411. The summed E-state index contributed by atoms with van der Waals surface area (Å²) in [5.41, 5.74) is 0.680. The Morgan fingerprint density at radius 3 is 2.60 bits per heavy atom. The second kappa shape index (κ2) is 5.72. The Balaban J connectivity index is 2.36. The molecule has 5 heteroatoms. The average molecular weight is 357 g/mol. The Morgan fingerprint density at radius 2 is 2.05 bits per heavy atom. The predicted molar refractivity (Wildman–Crippen MR) is 83.4 cm³/mol. The number of hydrogen-bond acceptors (Lipinski definition) is 3. The van der Waals surface area contributed by atoms with E-state index < -0.39 is 5.60 Å². The molecule has 0 radical (unpaired) electrons. The van der Waals surface area contributed by atoms with Gasteiger partial charge in [-0.3, -0.25) is 0 Å². The number of benzene rings is 1. The molecule has 0 aliphatic carbocycles. The fourth-order valence-electron chi connectivity index (χ4n) is 1.68. The normalized spacial score (nSPS) is 11.5. The predicted octanol–water partition coefficient (Wildman–Crippen LogP) is 4.83. The van der Waals surface area contributed by atoms with Crippen LogP contribution in [0, 0.1) is 6.92 Å². The largest absolute Gasteiger partial charge is 0.436 e. The molecule has 0 aliphatic heterocycles. The summed E-state index contributed by atoms with van der Waals surface area (Å²) in [6, 6.07) is 7.34. The van der Waals surface area contributed by atoms with E-state index in [0.717, 1.165) is 5.56 Å². The molecule has 0 fully saturated rings. The fourth-order valence-corrected chi connectivity index (χ4v) is 2.37. The number of rotatable bonds is 3. The Bertz CT molecular complexity index is 618. The van der Waals surface area contributed by atoms with E-state index in [1.165, 1.54) is 0 Å². The maximum atomic E-state index is 9.96. The molecule has 0 bridgehead atoms. The van der Waals surface area contributed by atoms with E-state index in [4.69, 9.17) is 16.3 Å². The van der Waals surface area contributed by atoms with Gasteiger partial charge < -0.3 is 9.84 Å². The Kier molecular flexibility index (Phi) is 4.37. The van der Waals surface area contributed by atoms with Crippen molar-refractivity contribution in [2.75, 3.05) is 0 Å². The van der Waals surface area contributed by atoms with E-state index in [1.807, 2.05) is 19.1 Å². The van der Waals surface area contributed by atoms with Gasteiger partial charge in [-0.1, -0.05) is 23.7 Å². The molecule has 2 rings (SSSR count). The second-order valence-electron chi connectivity index (χ2n) is 5.06. The Morgan fingerprint density at radius 1 is 1.35 bits per heavy atom. The van der Waals surface area contributed by atoms with Crippen LogP contribution in [0.5, 0.6) is 11.6 Å². The van der Waals surface area contributed by atoms with Crippen LogP contribution in [-0.4, -0.2) is 10.1 Å². The summed E-state index contributed by atoms with van der Waals surface area (Å²) in [5.74, 6) is 0.993. The van der Waals surface area contributed by atoms with Gasteiger partial charge in [0.1, 0.15) is 0 Å². The summed E-state index contributed by atoms with van der Waals surface area (Å²) in [6.45, 7) is 5.32. The number of aliphatic hydroxyl groups is 1. The molecule has 0 spiro atoms. The van der Waals surface area contributed by atoms with E-state index in [9.17, 15) is 5.11 Å². The quantitative estimate of drug-likeness (QED) is 0.857. The third-order valence-electron chi connectivity index (χ3n) is 2.88. The summed E-state index contributed by atoms with van der Waals surface area (Å²) in [6.07, 6.45) is 1.59. The van der Waals surface area contributed by atoms with Gasteiger partial charge in [-0.25, -0.2) is 4.98 Å². The molecule has 0 atom stereocenters. The van der Waals surface area contributed by atoms with Gasteiger partial charge >= 0.3 is 0 Å². The summed E-state index contributed by atoms with van der Waals surface area (Å²) in [4.78, 5) is 4.23. The van der Waals surface area contributed by atoms with Crippen molar-refractivity contribution in [3.8, 4) is 11.6 Å². The van der Waals surface area contributed by atoms with Crippen molar-refractivity contribution in [2.45, 2.75) is 26.4 Å². The summed E-state index contributed by atoms with van der Waals surface area (Å²) in [5, 5.41) is 10.5. The smallest absolute Gasteiger partial charge is 0.233 e. The third kappa shape index (κ3) is 3.32. The lowest BCUT2D eigenvalue weighted by Crippen LogP contribution is -2.15. The molecule has 1 N–H and O–H groups in total. The van der Waals surface area contributed by atoms with Crippen LogP contribution in [0.2, 0.25) is 5.02 Å². The Hall–Kier alpha value is -1.10. The number of aryl methyl sites for hydroxylation is 1. The van der Waals surface area contributed by atoms with Crippen LogP contribution in [0.3, 0.4) is 0 Å². The lowest BCUT2D eigenvalue weighted by atomic mass is 10.0. The first-order chi connectivity index (χ1) is 9.29. The van der Waals surface area contributed by atoms with Crippen molar-refractivity contribution in [3.05, 3.63) is 51.1 Å². The van der Waals surface area contributed by atoms with Crippen molar-refractivity contribution in [2.24, 2.45) is 0 Å². The zero-order chi connectivity index (χ0) is 14.9. The monoisotopic (exact) mass is 355 g/mol. The standard InChI is InChI=1S/C15H15BrClNO2/c1-9-5-4-6-12(17)13(9)20-14-11(16)7-10(8-18-14)15(2,3)19/h4-8,19H,1-3H3. The SMILES string of the molecule is Cc1cccc(Cl)c1Oc1ncc(C(C)(C)O)cc1Br. The van der Waals surface area contributed by atoms with Crippen LogP contribution in [0.1, 0.15) is 25.0 Å². The highest BCUT2D eigenvalue weighted by Gasteiger charge is 2.19. The molecule has 0 aliphatic rings. The average Bonchev–Trinajstić information content (AvgIpc) is 2.34. The van der Waals surface area contributed by atoms with Gasteiger partial charge in [0.05, 0.1) is 15.1 Å². The highest BCUT2D eigenvalue weighted by atomic mass is 79.9. The number of nitrogens with zero attached hydrogens (tertiary/aromatic N) is 1. The van der Waals surface area contributed by atoms with E-state index >= 15 is 0 Å². The number of aromatic nitrogens is 1. The third-order valence-corrected chi connectivity index (χ3v) is 3.74. The molecular weight excluding hydrogens is 342 g/mol. The van der Waals surface area contributed by atoms with Crippen molar-refractivity contribution >= 4 is 27.5 Å². The maximum absolute atomic E-state index is 9.96. The molecule has 0 saturated heterocycles. The van der Waals surface area contributed by atoms with Crippen molar-refractivity contribution in [3.63, 3.8) is 0 Å². The number of pyridine rings is 1. The molecular formula is C15H15BrClNO2. The number of para-hydroxylation sites is 1. The first-order valence-electron chi connectivity index (χ1n) is 6.10. The zero-order valence-electron chi connectivity index (χ0n) is 11.4. The van der Waals surface area contributed by atoms with Crippen molar-refractivity contribution in [1.29, 1.82) is 0 Å². The molecule has 20 heavy (non-hydrogen) atoms. The van der Waals surface area contributed by atoms with Crippen LogP contribution in [0.25, 0.3) is 0 Å². The fraction of sp³-hybridized carbons (Fsp3) is 0.267. The van der Waals surface area contributed by atoms with Gasteiger partial charge in [0.25, 0.3) is 0 Å². The minimum Gasteiger partial charge on any atom is -0.436 e. The van der Waals surface area contributed by atoms with Gasteiger partial charge in [0.2, 0.25) is 5.88 Å². The first kappa shape index (κ1) is 15.3. The highest BCUT2D eigenvalue weighted by Crippen LogP contribution is 2.35. The molecule has 0 amide bonds. The van der Waals surface area contributed by atoms with Gasteiger partial charge in [-0.05, 0) is 54.4 Å². The van der Waals surface area contributed by atoms with Gasteiger partial charge in [0.15, 0.2) is 5.75 Å². The summed E-state index contributed by atoms with van der Waals surface area (Å²) < 4.78 is 6.43. The molecule has 3 nitrogen and oxygen atoms in total. The Labute approximate surface area is 131 Å². The van der Waals surface area contributed by atoms with Crippen LogP contribution in [0.15, 0.2) is 34.9 Å². The molecule has 106 valence electrons. The lowest BCUT2D eigenvalue weighted by Gasteiger charge is -2.18. The molecule has 1 aromatic carbocycles. The van der Waals surface area contributed by atoms with Crippen LogP contribution < -0.4 is 4.74 Å². The summed E-state index contributed by atoms with van der Waals surface area (Å²) in [7, 11) is 0. The molecule has 0 saturated carbocycles. The van der Waals surface area contributed by atoms with Gasteiger partial charge in [-0.2, -0.15) is 0 Å². The number of hydrogen-bond donors (Lipinski definition) is 1. The zero-order valence-corrected chi connectivity index (χ0v) is 13.8. The van der Waals surface area contributed by atoms with E-state index in [1.54, 1.807) is 32.2 Å². The maximum Gasteiger partial charge on any atom is 0.233 e. The van der Waals surface area contributed by atoms with Gasteiger partial charge in [-0.15, -0.1) is 0 Å². The highest BCUT2D eigenvalue weighted by molar-refractivity contribution is 9.10. The van der Waals surface area contributed by atoms with Crippen LogP contribution >= 0.6 is 27.5 Å². The second-order valence-corrected chi connectivity index (χ2v) is 6.32. The molecule has 0 unspecified atom stereocenters.